The first-order valence-corrected chi connectivity index (χ1v) is 9.91. The van der Waals surface area contributed by atoms with E-state index >= 15 is 0 Å². The molecule has 1 N–H and O–H groups in total. The van der Waals surface area contributed by atoms with Crippen LogP contribution in [-0.4, -0.2) is 16.9 Å². The van der Waals surface area contributed by atoms with Gasteiger partial charge < -0.3 is 5.11 Å². The average Bonchev–Trinajstić information content (AvgIpc) is 2.57. The van der Waals surface area contributed by atoms with Crippen LogP contribution in [-0.2, 0) is 9.36 Å². The Morgan fingerprint density at radius 3 is 1.92 bits per heavy atom. The van der Waals surface area contributed by atoms with E-state index in [1.165, 1.54) is 14.7 Å². The molecule has 0 aromatic heterocycles. The van der Waals surface area contributed by atoms with Crippen molar-refractivity contribution in [1.29, 1.82) is 0 Å². The van der Waals surface area contributed by atoms with Gasteiger partial charge in [-0.2, -0.15) is 0 Å². The van der Waals surface area contributed by atoms with Crippen molar-refractivity contribution in [3.8, 4) is 0 Å². The number of carboxylic acid groups (broad SMARTS) is 1. The van der Waals surface area contributed by atoms with Crippen LogP contribution in [0.5, 0.6) is 0 Å². The molecule has 2 atom stereocenters. The molecule has 4 nitrogen and oxygen atoms in total. The molecule has 2 unspecified atom stereocenters. The number of rotatable bonds is 11. The molecule has 0 aliphatic heterocycles. The number of aliphatic carboxylic acids is 1. The van der Waals surface area contributed by atoms with Gasteiger partial charge >= 0.3 is 15.1 Å². The van der Waals surface area contributed by atoms with E-state index in [0.717, 1.165) is 55.2 Å². The van der Waals surface area contributed by atoms with Gasteiger partial charge in [-0.25, -0.2) is 0 Å². The van der Waals surface area contributed by atoms with E-state index in [9.17, 15) is 14.7 Å². The molecule has 1 aromatic rings. The van der Waals surface area contributed by atoms with Crippen LogP contribution in [0.1, 0.15) is 85.3 Å². The highest BCUT2D eigenvalue weighted by Gasteiger charge is 2.17. The highest BCUT2D eigenvalue weighted by Crippen LogP contribution is 2.21. The van der Waals surface area contributed by atoms with Crippen molar-refractivity contribution < 1.29 is 19.3 Å². The summed E-state index contributed by atoms with van der Waals surface area (Å²) in [6.07, 6.45) is 6.69. The minimum absolute atomic E-state index is 0.183. The lowest BCUT2D eigenvalue weighted by molar-refractivity contribution is -0.142. The number of aryl methyl sites for hydroxylation is 3. The molecule has 0 fully saturated rings. The Bertz CT molecular complexity index is 560. The molecule has 0 saturated carbocycles. The summed E-state index contributed by atoms with van der Waals surface area (Å²) in [5.41, 5.74) is 4.11. The van der Waals surface area contributed by atoms with Crippen LogP contribution in [0, 0.1) is 26.7 Å². The molecule has 0 aliphatic carbocycles. The molecular weight excluding hydrogens is 347 g/mol. The molecule has 0 saturated heterocycles. The van der Waals surface area contributed by atoms with Gasteiger partial charge in [0, 0.05) is 12.0 Å². The number of ketones is 1. The lowest BCUT2D eigenvalue weighted by Gasteiger charge is -2.13. The number of hydrogen-bond donors (Lipinski definition) is 1. The van der Waals surface area contributed by atoms with Crippen molar-refractivity contribution in [1.82, 2.24) is 0 Å². The average molecular weight is 381 g/mol. The molecule has 0 heterocycles. The smallest absolute Gasteiger partial charge is 0.310 e. The maximum absolute atomic E-state index is 12.5. The maximum Gasteiger partial charge on any atom is 0.310 e. The van der Waals surface area contributed by atoms with E-state index in [-0.39, 0.29) is 11.7 Å². The van der Waals surface area contributed by atoms with E-state index in [1.54, 1.807) is 0 Å². The third-order valence-corrected chi connectivity index (χ3v) is 4.67. The minimum atomic E-state index is -0.692. The number of unbranched alkanes of at least 4 members (excludes halogenated alkanes) is 3. The molecule has 0 aliphatic rings. The van der Waals surface area contributed by atoms with Gasteiger partial charge in [0.05, 0.1) is 5.92 Å². The molecule has 0 bridgehead atoms. The first kappa shape index (κ1) is 24.5. The Labute approximate surface area is 160 Å². The van der Waals surface area contributed by atoms with Crippen LogP contribution in [0.3, 0.4) is 0 Å². The standard InChI is InChI=1S/C21H32O3.H2OP/c1-5-6-7-10-18(21(23)24)11-8-9-12-19(22)20-16(3)13-15(2)14-17(20)4;1-2/h13-14,18H,5-12H2,1-4H3,(H,23,24);2H2/q;+1. The number of carbonyl (C=O) groups is 2. The van der Waals surface area contributed by atoms with Gasteiger partial charge in [0.1, 0.15) is 0 Å². The first-order chi connectivity index (χ1) is 12.4. The minimum Gasteiger partial charge on any atom is -0.481 e. The predicted molar refractivity (Wildman–Crippen MR) is 109 cm³/mol. The molecule has 0 radical (unpaired) electrons. The van der Waals surface area contributed by atoms with Crippen LogP contribution in [0.2, 0.25) is 0 Å². The fourth-order valence-corrected chi connectivity index (χ4v) is 3.45. The van der Waals surface area contributed by atoms with Crippen LogP contribution < -0.4 is 0 Å². The van der Waals surface area contributed by atoms with E-state index < -0.39 is 5.97 Å². The largest absolute Gasteiger partial charge is 0.481 e. The molecule has 5 heteroatoms. The van der Waals surface area contributed by atoms with Gasteiger partial charge in [-0.1, -0.05) is 54.9 Å². The zero-order chi connectivity index (χ0) is 20.1. The van der Waals surface area contributed by atoms with Crippen LogP contribution in [0.15, 0.2) is 12.1 Å². The number of hydrogen-bond acceptors (Lipinski definition) is 3. The highest BCUT2D eigenvalue weighted by molar-refractivity contribution is 7.00. The summed E-state index contributed by atoms with van der Waals surface area (Å²) in [7, 11) is 1.17. The molecule has 0 amide bonds. The highest BCUT2D eigenvalue weighted by atomic mass is 31.0. The Morgan fingerprint density at radius 1 is 0.962 bits per heavy atom. The second-order valence-corrected chi connectivity index (χ2v) is 6.97. The third-order valence-electron chi connectivity index (χ3n) is 4.67. The molecule has 0 spiro atoms. The van der Waals surface area contributed by atoms with Crippen LogP contribution >= 0.6 is 9.12 Å². The van der Waals surface area contributed by atoms with Crippen molar-refractivity contribution in [3.63, 3.8) is 0 Å². The van der Waals surface area contributed by atoms with E-state index in [2.05, 4.69) is 19.1 Å². The summed E-state index contributed by atoms with van der Waals surface area (Å²) >= 11 is 0. The predicted octanol–water partition coefficient (Wildman–Crippen LogP) is 5.84. The molecule has 1 rings (SSSR count). The SMILES string of the molecule is CCCCCC(CCCCC(=O)c1c(C)cc(C)cc1C)C(=O)O.O=[PH2+]. The zero-order valence-corrected chi connectivity index (χ0v) is 17.8. The second-order valence-electron chi connectivity index (χ2n) is 6.97. The number of carbonyl (C=O) groups excluding carboxylic acids is 1. The summed E-state index contributed by atoms with van der Waals surface area (Å²) in [6, 6.07) is 4.10. The molecular formula is C21H34O4P+. The summed E-state index contributed by atoms with van der Waals surface area (Å²) in [4.78, 5) is 23.8. The number of benzene rings is 1. The fraction of sp³-hybridized carbons (Fsp3) is 0.619. The first-order valence-electron chi connectivity index (χ1n) is 9.44. The quantitative estimate of drug-likeness (QED) is 0.297. The molecule has 146 valence electrons. The normalized spacial score (nSPS) is 11.4. The van der Waals surface area contributed by atoms with Crippen LogP contribution in [0.4, 0.5) is 0 Å². The second kappa shape index (κ2) is 13.6. The molecule has 1 aromatic carbocycles. The van der Waals surface area contributed by atoms with Gasteiger partial charge in [-0.3, -0.25) is 9.59 Å². The maximum atomic E-state index is 12.5. The lowest BCUT2D eigenvalue weighted by atomic mass is 9.92. The monoisotopic (exact) mass is 381 g/mol. The van der Waals surface area contributed by atoms with Gasteiger partial charge in [-0.15, -0.1) is 0 Å². The lowest BCUT2D eigenvalue weighted by Crippen LogP contribution is -2.14. The van der Waals surface area contributed by atoms with E-state index in [1.807, 2.05) is 20.8 Å². The summed E-state index contributed by atoms with van der Waals surface area (Å²) in [5, 5.41) is 9.29. The Morgan fingerprint density at radius 2 is 1.46 bits per heavy atom. The van der Waals surface area contributed by atoms with Crippen molar-refractivity contribution in [3.05, 3.63) is 34.4 Å². The third kappa shape index (κ3) is 8.71. The zero-order valence-electron chi connectivity index (χ0n) is 16.6. The van der Waals surface area contributed by atoms with E-state index in [0.29, 0.717) is 12.8 Å². The fourth-order valence-electron chi connectivity index (χ4n) is 3.45. The van der Waals surface area contributed by atoms with Crippen molar-refractivity contribution in [2.24, 2.45) is 5.92 Å². The van der Waals surface area contributed by atoms with Crippen molar-refractivity contribution in [2.75, 3.05) is 0 Å². The van der Waals surface area contributed by atoms with Gasteiger partial charge in [0.25, 0.3) is 0 Å². The summed E-state index contributed by atoms with van der Waals surface area (Å²) < 4.78 is 8.17. The van der Waals surface area contributed by atoms with Crippen molar-refractivity contribution in [2.45, 2.75) is 79.1 Å². The van der Waals surface area contributed by atoms with Gasteiger partial charge in [0.2, 0.25) is 0 Å². The van der Waals surface area contributed by atoms with E-state index in [4.69, 9.17) is 4.57 Å². The van der Waals surface area contributed by atoms with Gasteiger partial charge in [-0.05, 0) is 51.2 Å². The topological polar surface area (TPSA) is 71.4 Å². The number of Topliss-reactive ketones (excluding diaryl/α,β-unsaturated/α-hetero) is 1. The summed E-state index contributed by atoms with van der Waals surface area (Å²) in [5.74, 6) is -0.764. The summed E-state index contributed by atoms with van der Waals surface area (Å²) in [6.45, 7) is 8.14. The van der Waals surface area contributed by atoms with Gasteiger partial charge in [0.15, 0.2) is 5.78 Å². The van der Waals surface area contributed by atoms with Crippen molar-refractivity contribution >= 4 is 20.9 Å². The Balaban J connectivity index is 0.00000301. The van der Waals surface area contributed by atoms with Crippen LogP contribution in [0.25, 0.3) is 0 Å². The number of carboxylic acids is 1. The Kier molecular flexibility index (Phi) is 12.8. The Hall–Kier alpha value is -1.54. The molecule has 26 heavy (non-hydrogen) atoms.